The molecule has 7 heteroatoms. The SMILES string of the molecule is O=C(O)Cn1c(=NC(=O)c2cccc(F)c2)sc2ccccc21. The first kappa shape index (κ1) is 15.1. The van der Waals surface area contributed by atoms with Crippen molar-refractivity contribution in [2.24, 2.45) is 4.99 Å². The van der Waals surface area contributed by atoms with Crippen LogP contribution in [0.1, 0.15) is 10.4 Å². The molecule has 0 aliphatic carbocycles. The van der Waals surface area contributed by atoms with Crippen molar-refractivity contribution >= 4 is 33.4 Å². The maximum absolute atomic E-state index is 13.2. The van der Waals surface area contributed by atoms with Crippen LogP contribution >= 0.6 is 11.3 Å². The number of nitrogens with zero attached hydrogens (tertiary/aromatic N) is 2. The monoisotopic (exact) mass is 330 g/mol. The first-order chi connectivity index (χ1) is 11.0. The smallest absolute Gasteiger partial charge is 0.323 e. The minimum atomic E-state index is -1.03. The average molecular weight is 330 g/mol. The number of fused-ring (bicyclic) bond motifs is 1. The van der Waals surface area contributed by atoms with Gasteiger partial charge in [-0.05, 0) is 30.3 Å². The van der Waals surface area contributed by atoms with E-state index in [1.165, 1.54) is 34.1 Å². The summed E-state index contributed by atoms with van der Waals surface area (Å²) in [4.78, 5) is 27.5. The number of aromatic nitrogens is 1. The molecule has 3 rings (SSSR count). The van der Waals surface area contributed by atoms with Crippen molar-refractivity contribution < 1.29 is 19.1 Å². The van der Waals surface area contributed by atoms with Gasteiger partial charge in [0, 0.05) is 5.56 Å². The Morgan fingerprint density at radius 1 is 1.17 bits per heavy atom. The third-order valence-electron chi connectivity index (χ3n) is 3.15. The number of para-hydroxylation sites is 1. The third-order valence-corrected chi connectivity index (χ3v) is 4.21. The van der Waals surface area contributed by atoms with Gasteiger partial charge in [-0.25, -0.2) is 4.39 Å². The van der Waals surface area contributed by atoms with E-state index >= 15 is 0 Å². The highest BCUT2D eigenvalue weighted by Gasteiger charge is 2.11. The normalized spacial score (nSPS) is 11.8. The van der Waals surface area contributed by atoms with Crippen LogP contribution < -0.4 is 4.80 Å². The highest BCUT2D eigenvalue weighted by atomic mass is 32.1. The topological polar surface area (TPSA) is 71.7 Å². The number of halogens is 1. The van der Waals surface area contributed by atoms with Gasteiger partial charge in [-0.3, -0.25) is 9.59 Å². The van der Waals surface area contributed by atoms with Gasteiger partial charge in [0.2, 0.25) is 0 Å². The molecule has 2 aromatic carbocycles. The van der Waals surface area contributed by atoms with Gasteiger partial charge in [0.05, 0.1) is 10.2 Å². The van der Waals surface area contributed by atoms with Crippen molar-refractivity contribution in [2.75, 3.05) is 0 Å². The number of carbonyl (C=O) groups excluding carboxylic acids is 1. The molecule has 0 radical (unpaired) electrons. The molecule has 0 fully saturated rings. The minimum Gasteiger partial charge on any atom is -0.480 e. The summed E-state index contributed by atoms with van der Waals surface area (Å²) in [7, 11) is 0. The fourth-order valence-electron chi connectivity index (χ4n) is 2.17. The van der Waals surface area contributed by atoms with Crippen LogP contribution in [0, 0.1) is 5.82 Å². The number of benzene rings is 2. The predicted octanol–water partition coefficient (Wildman–Crippen LogP) is 2.67. The summed E-state index contributed by atoms with van der Waals surface area (Å²) in [6.07, 6.45) is 0. The largest absolute Gasteiger partial charge is 0.480 e. The van der Waals surface area contributed by atoms with Crippen LogP contribution in [-0.4, -0.2) is 21.6 Å². The number of carboxylic acids is 1. The zero-order valence-electron chi connectivity index (χ0n) is 11.8. The van der Waals surface area contributed by atoms with Crippen LogP contribution in [0.3, 0.4) is 0 Å². The number of rotatable bonds is 3. The van der Waals surface area contributed by atoms with E-state index in [1.807, 2.05) is 12.1 Å². The van der Waals surface area contributed by atoms with Crippen molar-refractivity contribution in [2.45, 2.75) is 6.54 Å². The van der Waals surface area contributed by atoms with E-state index in [0.29, 0.717) is 5.52 Å². The maximum atomic E-state index is 13.2. The van der Waals surface area contributed by atoms with Gasteiger partial charge in [0.25, 0.3) is 5.91 Å². The number of amides is 1. The molecule has 0 saturated heterocycles. The highest BCUT2D eigenvalue weighted by Crippen LogP contribution is 2.16. The minimum absolute atomic E-state index is 0.115. The van der Waals surface area contributed by atoms with E-state index < -0.39 is 17.7 Å². The standard InChI is InChI=1S/C16H11FN2O3S/c17-11-5-3-4-10(8-11)15(22)18-16-19(9-14(20)21)12-6-1-2-7-13(12)23-16/h1-8H,9H2,(H,20,21). The van der Waals surface area contributed by atoms with Gasteiger partial charge < -0.3 is 9.67 Å². The lowest BCUT2D eigenvalue weighted by atomic mass is 10.2. The van der Waals surface area contributed by atoms with Crippen molar-refractivity contribution in [3.8, 4) is 0 Å². The van der Waals surface area contributed by atoms with Crippen molar-refractivity contribution in [1.82, 2.24) is 4.57 Å². The van der Waals surface area contributed by atoms with E-state index in [2.05, 4.69) is 4.99 Å². The second kappa shape index (κ2) is 6.13. The van der Waals surface area contributed by atoms with Gasteiger partial charge in [0.1, 0.15) is 12.4 Å². The number of aliphatic carboxylic acids is 1. The molecule has 116 valence electrons. The molecular formula is C16H11FN2O3S. The molecular weight excluding hydrogens is 319 g/mol. The van der Waals surface area contributed by atoms with E-state index in [4.69, 9.17) is 5.11 Å². The molecule has 1 amide bonds. The fourth-order valence-corrected chi connectivity index (χ4v) is 3.19. The van der Waals surface area contributed by atoms with Gasteiger partial charge in [-0.15, -0.1) is 0 Å². The quantitative estimate of drug-likeness (QED) is 0.802. The molecule has 0 unspecified atom stereocenters. The van der Waals surface area contributed by atoms with Gasteiger partial charge in [0.15, 0.2) is 4.80 Å². The number of hydrogen-bond donors (Lipinski definition) is 1. The van der Waals surface area contributed by atoms with Crippen LogP contribution in [0.15, 0.2) is 53.5 Å². The van der Waals surface area contributed by atoms with Crippen molar-refractivity contribution in [3.05, 3.63) is 64.7 Å². The van der Waals surface area contributed by atoms with Crippen LogP contribution in [0.4, 0.5) is 4.39 Å². The molecule has 1 N–H and O–H groups in total. The maximum Gasteiger partial charge on any atom is 0.323 e. The second-order valence-corrected chi connectivity index (χ2v) is 5.77. The average Bonchev–Trinajstić information content (AvgIpc) is 2.84. The first-order valence-corrected chi connectivity index (χ1v) is 7.51. The second-order valence-electron chi connectivity index (χ2n) is 4.76. The predicted molar refractivity (Wildman–Crippen MR) is 83.7 cm³/mol. The molecule has 3 aromatic rings. The molecule has 0 atom stereocenters. The molecule has 5 nitrogen and oxygen atoms in total. The Hall–Kier alpha value is -2.80. The molecule has 0 aliphatic heterocycles. The zero-order valence-corrected chi connectivity index (χ0v) is 12.6. The third kappa shape index (κ3) is 3.19. The Bertz CT molecular complexity index is 975. The fraction of sp³-hybridized carbons (Fsp3) is 0.0625. The lowest BCUT2D eigenvalue weighted by Crippen LogP contribution is -2.21. The Balaban J connectivity index is 2.14. The lowest BCUT2D eigenvalue weighted by molar-refractivity contribution is -0.137. The number of hydrogen-bond acceptors (Lipinski definition) is 3. The van der Waals surface area contributed by atoms with E-state index in [-0.39, 0.29) is 16.9 Å². The molecule has 0 bridgehead atoms. The van der Waals surface area contributed by atoms with Crippen LogP contribution in [0.25, 0.3) is 10.2 Å². The van der Waals surface area contributed by atoms with Crippen LogP contribution in [0.2, 0.25) is 0 Å². The van der Waals surface area contributed by atoms with Crippen LogP contribution in [0.5, 0.6) is 0 Å². The zero-order chi connectivity index (χ0) is 16.4. The Morgan fingerprint density at radius 2 is 1.96 bits per heavy atom. The summed E-state index contributed by atoms with van der Waals surface area (Å²) in [6, 6.07) is 12.4. The Morgan fingerprint density at radius 3 is 2.70 bits per heavy atom. The molecule has 1 aromatic heterocycles. The molecule has 0 saturated carbocycles. The molecule has 1 heterocycles. The van der Waals surface area contributed by atoms with Crippen LogP contribution in [-0.2, 0) is 11.3 Å². The van der Waals surface area contributed by atoms with E-state index in [1.54, 1.807) is 12.1 Å². The number of thiazole rings is 1. The summed E-state index contributed by atoms with van der Waals surface area (Å²) in [5.41, 5.74) is 0.801. The van der Waals surface area contributed by atoms with E-state index in [0.717, 1.165) is 10.8 Å². The Kier molecular flexibility index (Phi) is 4.03. The summed E-state index contributed by atoms with van der Waals surface area (Å²) in [6.45, 7) is -0.306. The molecule has 0 spiro atoms. The molecule has 23 heavy (non-hydrogen) atoms. The van der Waals surface area contributed by atoms with Crippen molar-refractivity contribution in [1.29, 1.82) is 0 Å². The highest BCUT2D eigenvalue weighted by molar-refractivity contribution is 7.16. The van der Waals surface area contributed by atoms with Gasteiger partial charge >= 0.3 is 5.97 Å². The van der Waals surface area contributed by atoms with Crippen molar-refractivity contribution in [3.63, 3.8) is 0 Å². The summed E-state index contributed by atoms with van der Waals surface area (Å²) < 4.78 is 15.5. The summed E-state index contributed by atoms with van der Waals surface area (Å²) in [5.74, 6) is -2.18. The first-order valence-electron chi connectivity index (χ1n) is 6.69. The summed E-state index contributed by atoms with van der Waals surface area (Å²) >= 11 is 1.21. The molecule has 0 aliphatic rings. The Labute approximate surface area is 134 Å². The summed E-state index contributed by atoms with van der Waals surface area (Å²) in [5, 5.41) is 9.06. The lowest BCUT2D eigenvalue weighted by Gasteiger charge is -2.00. The van der Waals surface area contributed by atoms with Gasteiger partial charge in [-0.2, -0.15) is 4.99 Å². The van der Waals surface area contributed by atoms with Gasteiger partial charge in [-0.1, -0.05) is 29.5 Å². The van der Waals surface area contributed by atoms with E-state index in [9.17, 15) is 14.0 Å². The number of carbonyl (C=O) groups is 2. The number of carboxylic acid groups (broad SMARTS) is 1.